The number of rotatable bonds is 10. The molecule has 0 aromatic heterocycles. The minimum absolute atomic E-state index is 0.0620. The Morgan fingerprint density at radius 3 is 1.69 bits per heavy atom. The van der Waals surface area contributed by atoms with Gasteiger partial charge in [-0.05, 0) is 23.1 Å². The van der Waals surface area contributed by atoms with Crippen molar-refractivity contribution in [2.24, 2.45) is 5.92 Å². The van der Waals surface area contributed by atoms with Crippen molar-refractivity contribution in [2.75, 3.05) is 6.61 Å². The maximum Gasteiger partial charge on any atom is 0.0893 e. The van der Waals surface area contributed by atoms with Crippen LogP contribution in [0, 0.1) is 5.92 Å². The van der Waals surface area contributed by atoms with E-state index in [1.54, 1.807) is 0 Å². The number of hydrogen-bond acceptors (Lipinski definition) is 4. The van der Waals surface area contributed by atoms with Gasteiger partial charge in [0.05, 0.1) is 44.7 Å². The highest BCUT2D eigenvalue weighted by Gasteiger charge is 2.39. The van der Waals surface area contributed by atoms with Crippen molar-refractivity contribution in [2.45, 2.75) is 51.0 Å². The van der Waals surface area contributed by atoms with Gasteiger partial charge in [0.25, 0.3) is 0 Å². The molecule has 0 saturated heterocycles. The topological polar surface area (TPSA) is 47.9 Å². The Morgan fingerprint density at radius 1 is 0.625 bits per heavy atom. The lowest BCUT2D eigenvalue weighted by Gasteiger charge is -2.40. The predicted molar refractivity (Wildman–Crippen MR) is 125 cm³/mol. The molecule has 0 aliphatic heterocycles. The maximum absolute atomic E-state index is 10.6. The number of benzene rings is 3. The number of aliphatic hydroxyl groups is 1. The molecule has 1 aliphatic carbocycles. The molecule has 0 heterocycles. The van der Waals surface area contributed by atoms with Crippen LogP contribution in [0.2, 0.25) is 0 Å². The summed E-state index contributed by atoms with van der Waals surface area (Å²) in [5, 5.41) is 10.6. The fourth-order valence-corrected chi connectivity index (χ4v) is 4.30. The summed E-state index contributed by atoms with van der Waals surface area (Å²) >= 11 is 0. The number of aliphatic hydroxyl groups excluding tert-OH is 1. The van der Waals surface area contributed by atoms with E-state index in [0.717, 1.165) is 16.7 Å². The van der Waals surface area contributed by atoms with Gasteiger partial charge in [-0.15, -0.1) is 0 Å². The largest absolute Gasteiger partial charge is 0.393 e. The molecule has 1 fully saturated rings. The summed E-state index contributed by atoms with van der Waals surface area (Å²) in [5.74, 6) is 0.0620. The zero-order chi connectivity index (χ0) is 22.0. The third-order valence-corrected chi connectivity index (χ3v) is 5.95. The monoisotopic (exact) mass is 432 g/mol. The molecule has 0 amide bonds. The van der Waals surface area contributed by atoms with Crippen molar-refractivity contribution in [3.05, 3.63) is 108 Å². The van der Waals surface area contributed by atoms with Crippen LogP contribution in [0.5, 0.6) is 0 Å². The first-order valence-corrected chi connectivity index (χ1v) is 11.4. The fraction of sp³-hybridized carbons (Fsp3) is 0.357. The van der Waals surface area contributed by atoms with Crippen LogP contribution in [-0.4, -0.2) is 30.0 Å². The summed E-state index contributed by atoms with van der Waals surface area (Å²) in [6, 6.07) is 30.5. The lowest BCUT2D eigenvalue weighted by molar-refractivity contribution is -0.161. The Balaban J connectivity index is 1.42. The standard InChI is InChI=1S/C28H32O4/c29-26-16-25(21-30-18-22-10-4-1-5-11-22)28(32-20-24-14-8-3-9-15-24)27(17-26)31-19-23-12-6-2-7-13-23/h1-15,25-29H,16-21H2. The van der Waals surface area contributed by atoms with Crippen LogP contribution in [-0.2, 0) is 34.0 Å². The first-order valence-electron chi connectivity index (χ1n) is 11.4. The first-order chi connectivity index (χ1) is 15.8. The maximum atomic E-state index is 10.6. The molecule has 3 aromatic carbocycles. The molecule has 1 N–H and O–H groups in total. The van der Waals surface area contributed by atoms with E-state index in [4.69, 9.17) is 14.2 Å². The van der Waals surface area contributed by atoms with Crippen molar-refractivity contribution in [1.82, 2.24) is 0 Å². The van der Waals surface area contributed by atoms with E-state index in [1.807, 2.05) is 54.6 Å². The Labute approximate surface area is 190 Å². The van der Waals surface area contributed by atoms with Crippen LogP contribution in [0.3, 0.4) is 0 Å². The average Bonchev–Trinajstić information content (AvgIpc) is 2.84. The molecule has 4 rings (SSSR count). The second-order valence-corrected chi connectivity index (χ2v) is 8.48. The SMILES string of the molecule is OC1CC(COCc2ccccc2)C(OCc2ccccc2)C(OCc2ccccc2)C1. The fourth-order valence-electron chi connectivity index (χ4n) is 4.30. The van der Waals surface area contributed by atoms with Crippen molar-refractivity contribution < 1.29 is 19.3 Å². The van der Waals surface area contributed by atoms with Gasteiger partial charge in [0.15, 0.2) is 0 Å². The molecule has 0 radical (unpaired) electrons. The van der Waals surface area contributed by atoms with Gasteiger partial charge in [-0.1, -0.05) is 91.0 Å². The quantitative estimate of drug-likeness (QED) is 0.482. The van der Waals surface area contributed by atoms with Crippen molar-refractivity contribution in [3.8, 4) is 0 Å². The van der Waals surface area contributed by atoms with Gasteiger partial charge in [0.2, 0.25) is 0 Å². The number of hydrogen-bond donors (Lipinski definition) is 1. The van der Waals surface area contributed by atoms with Crippen LogP contribution in [0.1, 0.15) is 29.5 Å². The molecule has 168 valence electrons. The molecule has 0 spiro atoms. The minimum Gasteiger partial charge on any atom is -0.393 e. The second kappa shape index (κ2) is 11.9. The van der Waals surface area contributed by atoms with E-state index < -0.39 is 6.10 Å². The lowest BCUT2D eigenvalue weighted by Crippen LogP contribution is -2.47. The Hall–Kier alpha value is -2.50. The van der Waals surface area contributed by atoms with Crippen molar-refractivity contribution >= 4 is 0 Å². The predicted octanol–water partition coefficient (Wildman–Crippen LogP) is 5.14. The molecule has 1 saturated carbocycles. The van der Waals surface area contributed by atoms with Gasteiger partial charge in [0.1, 0.15) is 0 Å². The zero-order valence-electron chi connectivity index (χ0n) is 18.4. The van der Waals surface area contributed by atoms with E-state index in [2.05, 4.69) is 36.4 Å². The van der Waals surface area contributed by atoms with Gasteiger partial charge in [0, 0.05) is 12.3 Å². The summed E-state index contributed by atoms with van der Waals surface area (Å²) in [5.41, 5.74) is 3.39. The summed E-state index contributed by atoms with van der Waals surface area (Å²) in [6.07, 6.45) is 0.477. The molecule has 4 atom stereocenters. The third-order valence-electron chi connectivity index (χ3n) is 5.95. The molecule has 4 unspecified atom stereocenters. The summed E-state index contributed by atoms with van der Waals surface area (Å²) < 4.78 is 18.8. The van der Waals surface area contributed by atoms with Gasteiger partial charge in [-0.25, -0.2) is 0 Å². The molecular weight excluding hydrogens is 400 g/mol. The summed E-state index contributed by atoms with van der Waals surface area (Å²) in [6.45, 7) is 2.09. The lowest BCUT2D eigenvalue weighted by atomic mass is 9.82. The van der Waals surface area contributed by atoms with Crippen molar-refractivity contribution in [1.29, 1.82) is 0 Å². The molecule has 3 aromatic rings. The van der Waals surface area contributed by atoms with Gasteiger partial charge >= 0.3 is 0 Å². The van der Waals surface area contributed by atoms with Crippen LogP contribution >= 0.6 is 0 Å². The zero-order valence-corrected chi connectivity index (χ0v) is 18.4. The Kier molecular flexibility index (Phi) is 8.46. The molecule has 1 aliphatic rings. The molecule has 0 bridgehead atoms. The van der Waals surface area contributed by atoms with Crippen LogP contribution in [0.15, 0.2) is 91.0 Å². The second-order valence-electron chi connectivity index (χ2n) is 8.48. The highest BCUT2D eigenvalue weighted by atomic mass is 16.5. The van der Waals surface area contributed by atoms with Gasteiger partial charge in [-0.2, -0.15) is 0 Å². The van der Waals surface area contributed by atoms with Crippen LogP contribution in [0.25, 0.3) is 0 Å². The van der Waals surface area contributed by atoms with E-state index in [-0.39, 0.29) is 18.1 Å². The van der Waals surface area contributed by atoms with E-state index >= 15 is 0 Å². The van der Waals surface area contributed by atoms with E-state index in [0.29, 0.717) is 39.3 Å². The first kappa shape index (κ1) is 22.7. The van der Waals surface area contributed by atoms with Crippen LogP contribution in [0.4, 0.5) is 0 Å². The normalized spacial score (nSPS) is 23.2. The van der Waals surface area contributed by atoms with Gasteiger partial charge in [-0.3, -0.25) is 0 Å². The highest BCUT2D eigenvalue weighted by Crippen LogP contribution is 2.31. The molecule has 4 heteroatoms. The van der Waals surface area contributed by atoms with E-state index in [1.165, 1.54) is 0 Å². The summed E-state index contributed by atoms with van der Waals surface area (Å²) in [7, 11) is 0. The average molecular weight is 433 g/mol. The Morgan fingerprint density at radius 2 is 1.12 bits per heavy atom. The van der Waals surface area contributed by atoms with Crippen molar-refractivity contribution in [3.63, 3.8) is 0 Å². The summed E-state index contributed by atoms with van der Waals surface area (Å²) in [4.78, 5) is 0. The van der Waals surface area contributed by atoms with E-state index in [9.17, 15) is 5.11 Å². The minimum atomic E-state index is -0.419. The molecular formula is C28H32O4. The highest BCUT2D eigenvalue weighted by molar-refractivity contribution is 5.15. The third kappa shape index (κ3) is 6.75. The molecule has 32 heavy (non-hydrogen) atoms. The van der Waals surface area contributed by atoms with Gasteiger partial charge < -0.3 is 19.3 Å². The molecule has 4 nitrogen and oxygen atoms in total. The smallest absolute Gasteiger partial charge is 0.0893 e. The number of ether oxygens (including phenoxy) is 3. The van der Waals surface area contributed by atoms with Crippen LogP contribution < -0.4 is 0 Å². The Bertz CT molecular complexity index is 900.